The Balaban J connectivity index is 1.72. The maximum atomic E-state index is 5.40. The first-order chi connectivity index (χ1) is 8.88. The first-order valence-corrected chi connectivity index (χ1v) is 6.40. The molecule has 0 aliphatic heterocycles. The minimum Gasteiger partial charge on any atom is -0.407 e. The van der Waals surface area contributed by atoms with Gasteiger partial charge >= 0.3 is 6.01 Å². The number of nitrogens with zero attached hydrogens (tertiary/aromatic N) is 3. The van der Waals surface area contributed by atoms with E-state index in [0.717, 1.165) is 11.6 Å². The van der Waals surface area contributed by atoms with E-state index < -0.39 is 0 Å². The predicted molar refractivity (Wildman–Crippen MR) is 67.3 cm³/mol. The summed E-state index contributed by atoms with van der Waals surface area (Å²) in [4.78, 5) is 4.15. The highest BCUT2D eigenvalue weighted by molar-refractivity contribution is 7.09. The molecule has 0 spiro atoms. The third kappa shape index (κ3) is 4.06. The van der Waals surface area contributed by atoms with Crippen LogP contribution in [0.1, 0.15) is 10.9 Å². The largest absolute Gasteiger partial charge is 0.407 e. The van der Waals surface area contributed by atoms with Gasteiger partial charge in [-0.25, -0.2) is 4.98 Å². The second-order valence-electron chi connectivity index (χ2n) is 3.45. The van der Waals surface area contributed by atoms with Gasteiger partial charge in [-0.05, 0) is 0 Å². The molecule has 0 bridgehead atoms. The molecule has 2 N–H and O–H groups in total. The third-order valence-corrected chi connectivity index (χ3v) is 2.88. The van der Waals surface area contributed by atoms with Gasteiger partial charge in [0.15, 0.2) is 0 Å². The average Bonchev–Trinajstić information content (AvgIpc) is 3.03. The lowest BCUT2D eigenvalue weighted by Gasteiger charge is -1.99. The number of hydrogen-bond acceptors (Lipinski definition) is 8. The Morgan fingerprint density at radius 1 is 1.39 bits per heavy atom. The molecule has 0 radical (unpaired) electrons. The Labute approximate surface area is 109 Å². The summed E-state index contributed by atoms with van der Waals surface area (Å²) in [6.07, 6.45) is 1.76. The zero-order chi connectivity index (χ0) is 12.6. The van der Waals surface area contributed by atoms with Crippen LogP contribution in [0.4, 0.5) is 6.01 Å². The number of anilines is 1. The van der Waals surface area contributed by atoms with Gasteiger partial charge in [-0.15, -0.1) is 16.4 Å². The normalized spacial score (nSPS) is 10.7. The summed E-state index contributed by atoms with van der Waals surface area (Å²) < 4.78 is 10.3. The highest BCUT2D eigenvalue weighted by Gasteiger charge is 2.05. The number of rotatable bonds is 8. The Morgan fingerprint density at radius 3 is 3.11 bits per heavy atom. The Morgan fingerprint density at radius 2 is 2.33 bits per heavy atom. The van der Waals surface area contributed by atoms with Crippen molar-refractivity contribution < 1.29 is 9.15 Å². The molecule has 0 atom stereocenters. The molecule has 0 amide bonds. The van der Waals surface area contributed by atoms with Crippen molar-refractivity contribution in [3.8, 4) is 0 Å². The monoisotopic (exact) mass is 269 g/mol. The van der Waals surface area contributed by atoms with E-state index in [0.29, 0.717) is 31.6 Å². The standard InChI is InChI=1S/C10H15N5O2S/c1-16-4-2-11-6-8-14-15-10(17-8)13-7-9-12-3-5-18-9/h3,5,11H,2,4,6-7H2,1H3,(H,13,15). The lowest BCUT2D eigenvalue weighted by molar-refractivity contribution is 0.198. The predicted octanol–water partition coefficient (Wildman–Crippen LogP) is 0.874. The summed E-state index contributed by atoms with van der Waals surface area (Å²) in [6, 6.07) is 0.411. The van der Waals surface area contributed by atoms with E-state index in [-0.39, 0.29) is 0 Å². The fraction of sp³-hybridized carbons (Fsp3) is 0.500. The van der Waals surface area contributed by atoms with Crippen LogP contribution in [0.2, 0.25) is 0 Å². The van der Waals surface area contributed by atoms with E-state index in [1.54, 1.807) is 24.6 Å². The molecule has 0 saturated heterocycles. The van der Waals surface area contributed by atoms with Gasteiger partial charge in [-0.2, -0.15) is 0 Å². The van der Waals surface area contributed by atoms with Crippen molar-refractivity contribution in [2.75, 3.05) is 25.6 Å². The van der Waals surface area contributed by atoms with Crippen molar-refractivity contribution in [2.45, 2.75) is 13.1 Å². The molecule has 2 aromatic heterocycles. The van der Waals surface area contributed by atoms with Gasteiger partial charge in [-0.1, -0.05) is 5.10 Å². The van der Waals surface area contributed by atoms with Gasteiger partial charge in [0.1, 0.15) is 5.01 Å². The smallest absolute Gasteiger partial charge is 0.315 e. The van der Waals surface area contributed by atoms with Crippen LogP contribution >= 0.6 is 11.3 Å². The highest BCUT2D eigenvalue weighted by atomic mass is 32.1. The fourth-order valence-electron chi connectivity index (χ4n) is 1.26. The van der Waals surface area contributed by atoms with Crippen molar-refractivity contribution in [3.63, 3.8) is 0 Å². The molecule has 2 rings (SSSR count). The fourth-order valence-corrected chi connectivity index (χ4v) is 1.81. The lowest BCUT2D eigenvalue weighted by Crippen LogP contribution is -2.18. The van der Waals surface area contributed by atoms with Crippen molar-refractivity contribution in [2.24, 2.45) is 0 Å². The highest BCUT2D eigenvalue weighted by Crippen LogP contribution is 2.09. The van der Waals surface area contributed by atoms with Gasteiger partial charge in [-0.3, -0.25) is 0 Å². The molecular formula is C10H15N5O2S. The second kappa shape index (κ2) is 7.04. The average molecular weight is 269 g/mol. The first kappa shape index (κ1) is 12.9. The number of ether oxygens (including phenoxy) is 1. The number of thiazole rings is 1. The van der Waals surface area contributed by atoms with Crippen LogP contribution in [0, 0.1) is 0 Å². The van der Waals surface area contributed by atoms with Crippen LogP contribution in [0.3, 0.4) is 0 Å². The Kier molecular flexibility index (Phi) is 5.06. The molecule has 2 heterocycles. The summed E-state index contributed by atoms with van der Waals surface area (Å²) in [6.45, 7) is 2.54. The molecule has 0 unspecified atom stereocenters. The molecule has 98 valence electrons. The Bertz CT molecular complexity index is 445. The summed E-state index contributed by atoms with van der Waals surface area (Å²) >= 11 is 1.58. The zero-order valence-electron chi connectivity index (χ0n) is 10.0. The number of aromatic nitrogens is 3. The number of methoxy groups -OCH3 is 1. The summed E-state index contributed by atoms with van der Waals surface area (Å²) in [5, 5.41) is 16.9. The molecule has 0 saturated carbocycles. The Hall–Kier alpha value is -1.51. The van der Waals surface area contributed by atoms with E-state index in [1.807, 2.05) is 5.38 Å². The van der Waals surface area contributed by atoms with E-state index in [9.17, 15) is 0 Å². The van der Waals surface area contributed by atoms with Gasteiger partial charge < -0.3 is 19.8 Å². The topological polar surface area (TPSA) is 85.1 Å². The van der Waals surface area contributed by atoms with Gasteiger partial charge in [0.25, 0.3) is 0 Å². The maximum Gasteiger partial charge on any atom is 0.315 e. The van der Waals surface area contributed by atoms with Gasteiger partial charge in [0.05, 0.1) is 19.7 Å². The number of hydrogen-bond donors (Lipinski definition) is 2. The molecular weight excluding hydrogens is 254 g/mol. The van der Waals surface area contributed by atoms with Crippen molar-refractivity contribution in [1.82, 2.24) is 20.5 Å². The third-order valence-electron chi connectivity index (χ3n) is 2.10. The van der Waals surface area contributed by atoms with Crippen molar-refractivity contribution in [1.29, 1.82) is 0 Å². The lowest BCUT2D eigenvalue weighted by atomic mass is 10.6. The minimum absolute atomic E-state index is 0.411. The van der Waals surface area contributed by atoms with Gasteiger partial charge in [0, 0.05) is 25.2 Å². The van der Waals surface area contributed by atoms with Crippen LogP contribution in [-0.2, 0) is 17.8 Å². The molecule has 8 heteroatoms. The SMILES string of the molecule is COCCNCc1nnc(NCc2nccs2)o1. The van der Waals surface area contributed by atoms with E-state index >= 15 is 0 Å². The molecule has 2 aromatic rings. The molecule has 18 heavy (non-hydrogen) atoms. The van der Waals surface area contributed by atoms with E-state index in [2.05, 4.69) is 25.8 Å². The molecule has 0 aliphatic rings. The van der Waals surface area contributed by atoms with Crippen LogP contribution < -0.4 is 10.6 Å². The first-order valence-electron chi connectivity index (χ1n) is 5.53. The second-order valence-corrected chi connectivity index (χ2v) is 4.43. The van der Waals surface area contributed by atoms with Crippen LogP contribution in [0.5, 0.6) is 0 Å². The van der Waals surface area contributed by atoms with Crippen LogP contribution in [0.25, 0.3) is 0 Å². The minimum atomic E-state index is 0.411. The van der Waals surface area contributed by atoms with Crippen LogP contribution in [0.15, 0.2) is 16.0 Å². The quantitative estimate of drug-likeness (QED) is 0.688. The summed E-state index contributed by atoms with van der Waals surface area (Å²) in [5.41, 5.74) is 0. The molecule has 0 aliphatic carbocycles. The van der Waals surface area contributed by atoms with E-state index in [1.165, 1.54) is 0 Å². The molecule has 0 fully saturated rings. The molecule has 7 nitrogen and oxygen atoms in total. The summed E-state index contributed by atoms with van der Waals surface area (Å²) in [5.74, 6) is 0.549. The number of nitrogens with one attached hydrogen (secondary N) is 2. The van der Waals surface area contributed by atoms with Crippen molar-refractivity contribution >= 4 is 17.4 Å². The van der Waals surface area contributed by atoms with Crippen molar-refractivity contribution in [3.05, 3.63) is 22.5 Å². The zero-order valence-corrected chi connectivity index (χ0v) is 10.9. The summed E-state index contributed by atoms with van der Waals surface area (Å²) in [7, 11) is 1.66. The maximum absolute atomic E-state index is 5.40. The van der Waals surface area contributed by atoms with E-state index in [4.69, 9.17) is 9.15 Å². The van der Waals surface area contributed by atoms with Gasteiger partial charge in [0.2, 0.25) is 5.89 Å². The molecule has 0 aromatic carbocycles. The van der Waals surface area contributed by atoms with Crippen LogP contribution in [-0.4, -0.2) is 35.4 Å².